The van der Waals surface area contributed by atoms with E-state index in [4.69, 9.17) is 5.73 Å². The lowest BCUT2D eigenvalue weighted by Crippen LogP contribution is -2.46. The van der Waals surface area contributed by atoms with Gasteiger partial charge in [-0.15, -0.1) is 0 Å². The zero-order valence-electron chi connectivity index (χ0n) is 9.16. The maximum atomic E-state index is 11.2. The highest BCUT2D eigenvalue weighted by Gasteiger charge is 2.26. The van der Waals surface area contributed by atoms with Gasteiger partial charge < -0.3 is 5.73 Å². The zero-order chi connectivity index (χ0) is 11.0. The normalized spacial score (nSPS) is 21.1. The number of rotatable bonds is 1. The van der Waals surface area contributed by atoms with Crippen molar-refractivity contribution in [3.05, 3.63) is 34.9 Å². The molecule has 1 aliphatic rings. The Labute approximate surface area is 89.9 Å². The highest BCUT2D eigenvalue weighted by molar-refractivity contribution is 5.80. The van der Waals surface area contributed by atoms with Gasteiger partial charge in [-0.2, -0.15) is 0 Å². The van der Waals surface area contributed by atoms with Gasteiger partial charge in [-0.3, -0.25) is 9.69 Å². The first kappa shape index (κ1) is 10.2. The fourth-order valence-electron chi connectivity index (χ4n) is 2.16. The molecule has 3 nitrogen and oxygen atoms in total. The Kier molecular flexibility index (Phi) is 2.49. The molecule has 0 aliphatic carbocycles. The van der Waals surface area contributed by atoms with E-state index in [1.54, 1.807) is 0 Å². The SMILES string of the molecule is Cc1ccc2c(c1)CN(C)[C@H](C(N)=O)C2. The van der Waals surface area contributed by atoms with E-state index >= 15 is 0 Å². The van der Waals surface area contributed by atoms with E-state index < -0.39 is 0 Å². The summed E-state index contributed by atoms with van der Waals surface area (Å²) in [6.07, 6.45) is 0.738. The molecule has 0 saturated carbocycles. The average Bonchev–Trinajstić information content (AvgIpc) is 2.15. The van der Waals surface area contributed by atoms with Crippen molar-refractivity contribution in [1.82, 2.24) is 4.90 Å². The van der Waals surface area contributed by atoms with Gasteiger partial charge in [-0.05, 0) is 31.5 Å². The van der Waals surface area contributed by atoms with Crippen molar-refractivity contribution in [3.63, 3.8) is 0 Å². The van der Waals surface area contributed by atoms with Gasteiger partial charge in [0.1, 0.15) is 0 Å². The van der Waals surface area contributed by atoms with E-state index in [-0.39, 0.29) is 11.9 Å². The van der Waals surface area contributed by atoms with Crippen LogP contribution >= 0.6 is 0 Å². The number of hydrogen-bond acceptors (Lipinski definition) is 2. The van der Waals surface area contributed by atoms with Crippen LogP contribution < -0.4 is 5.73 Å². The monoisotopic (exact) mass is 204 g/mol. The topological polar surface area (TPSA) is 46.3 Å². The molecule has 1 amide bonds. The summed E-state index contributed by atoms with van der Waals surface area (Å²) in [5.74, 6) is -0.233. The van der Waals surface area contributed by atoms with Crippen LogP contribution in [-0.2, 0) is 17.8 Å². The Morgan fingerprint density at radius 1 is 1.47 bits per heavy atom. The van der Waals surface area contributed by atoms with E-state index in [0.717, 1.165) is 13.0 Å². The number of carbonyl (C=O) groups is 1. The number of likely N-dealkylation sites (N-methyl/N-ethyl adjacent to an activating group) is 1. The summed E-state index contributed by atoms with van der Waals surface area (Å²) >= 11 is 0. The maximum Gasteiger partial charge on any atom is 0.235 e. The van der Waals surface area contributed by atoms with E-state index in [0.29, 0.717) is 0 Å². The van der Waals surface area contributed by atoms with Crippen LogP contribution in [-0.4, -0.2) is 23.9 Å². The molecule has 1 heterocycles. The highest BCUT2D eigenvalue weighted by atomic mass is 16.1. The van der Waals surface area contributed by atoms with Crippen LogP contribution in [0, 0.1) is 6.92 Å². The molecule has 0 saturated heterocycles. The van der Waals surface area contributed by atoms with Crippen molar-refractivity contribution >= 4 is 5.91 Å². The van der Waals surface area contributed by atoms with Crippen molar-refractivity contribution in [2.75, 3.05) is 7.05 Å². The van der Waals surface area contributed by atoms with Gasteiger partial charge >= 0.3 is 0 Å². The van der Waals surface area contributed by atoms with Crippen molar-refractivity contribution in [2.45, 2.75) is 25.9 Å². The number of nitrogens with two attached hydrogens (primary N) is 1. The zero-order valence-corrected chi connectivity index (χ0v) is 9.16. The van der Waals surface area contributed by atoms with Crippen LogP contribution in [0.4, 0.5) is 0 Å². The van der Waals surface area contributed by atoms with Gasteiger partial charge in [0, 0.05) is 6.54 Å². The van der Waals surface area contributed by atoms with Crippen molar-refractivity contribution in [3.8, 4) is 0 Å². The Balaban J connectivity index is 2.33. The van der Waals surface area contributed by atoms with Gasteiger partial charge in [-0.25, -0.2) is 0 Å². The summed E-state index contributed by atoms with van der Waals surface area (Å²) in [7, 11) is 1.95. The molecular weight excluding hydrogens is 188 g/mol. The Morgan fingerprint density at radius 3 is 2.87 bits per heavy atom. The first-order valence-electron chi connectivity index (χ1n) is 5.16. The van der Waals surface area contributed by atoms with E-state index in [2.05, 4.69) is 25.1 Å². The molecular formula is C12H16N2O. The highest BCUT2D eigenvalue weighted by Crippen LogP contribution is 2.22. The summed E-state index contributed by atoms with van der Waals surface area (Å²) in [5, 5.41) is 0. The van der Waals surface area contributed by atoms with E-state index in [1.807, 2.05) is 11.9 Å². The molecule has 2 N–H and O–H groups in total. The summed E-state index contributed by atoms with van der Waals surface area (Å²) in [5.41, 5.74) is 9.19. The number of primary amides is 1. The molecule has 0 aromatic heterocycles. The van der Waals surface area contributed by atoms with E-state index in [9.17, 15) is 4.79 Å². The van der Waals surface area contributed by atoms with Crippen LogP contribution in [0.2, 0.25) is 0 Å². The molecule has 1 aromatic carbocycles. The summed E-state index contributed by atoms with van der Waals surface area (Å²) in [6, 6.07) is 6.22. The predicted octanol–water partition coefficient (Wildman–Crippen LogP) is 0.837. The second-order valence-electron chi connectivity index (χ2n) is 4.31. The fraction of sp³-hybridized carbons (Fsp3) is 0.417. The second kappa shape index (κ2) is 3.66. The molecule has 2 rings (SSSR count). The van der Waals surface area contributed by atoms with Gasteiger partial charge in [0.2, 0.25) is 5.91 Å². The number of benzene rings is 1. The number of nitrogens with zero attached hydrogens (tertiary/aromatic N) is 1. The molecule has 0 spiro atoms. The molecule has 1 atom stereocenters. The number of fused-ring (bicyclic) bond motifs is 1. The quantitative estimate of drug-likeness (QED) is 0.736. The summed E-state index contributed by atoms with van der Waals surface area (Å²) in [6.45, 7) is 2.89. The molecule has 0 fully saturated rings. The molecule has 0 bridgehead atoms. The van der Waals surface area contributed by atoms with Crippen LogP contribution in [0.1, 0.15) is 16.7 Å². The average molecular weight is 204 g/mol. The molecule has 1 aliphatic heterocycles. The fourth-order valence-corrected chi connectivity index (χ4v) is 2.16. The Morgan fingerprint density at radius 2 is 2.20 bits per heavy atom. The molecule has 80 valence electrons. The van der Waals surface area contributed by atoms with Crippen molar-refractivity contribution in [2.24, 2.45) is 5.73 Å². The third kappa shape index (κ3) is 1.88. The third-order valence-electron chi connectivity index (χ3n) is 3.06. The van der Waals surface area contributed by atoms with Gasteiger partial charge in [0.25, 0.3) is 0 Å². The van der Waals surface area contributed by atoms with Gasteiger partial charge in [-0.1, -0.05) is 23.8 Å². The maximum absolute atomic E-state index is 11.2. The Bertz CT molecular complexity index is 401. The molecule has 15 heavy (non-hydrogen) atoms. The number of hydrogen-bond donors (Lipinski definition) is 1. The molecule has 3 heteroatoms. The third-order valence-corrected chi connectivity index (χ3v) is 3.06. The van der Waals surface area contributed by atoms with Crippen LogP contribution in [0.3, 0.4) is 0 Å². The minimum atomic E-state index is -0.233. The standard InChI is InChI=1S/C12H16N2O/c1-8-3-4-9-6-11(12(13)15)14(2)7-10(9)5-8/h3-5,11H,6-7H2,1-2H3,(H2,13,15)/t11-/m0/s1. The Hall–Kier alpha value is -1.35. The molecule has 0 radical (unpaired) electrons. The molecule has 0 unspecified atom stereocenters. The number of aryl methyl sites for hydroxylation is 1. The summed E-state index contributed by atoms with van der Waals surface area (Å²) in [4.78, 5) is 13.2. The molecule has 1 aromatic rings. The summed E-state index contributed by atoms with van der Waals surface area (Å²) < 4.78 is 0. The van der Waals surface area contributed by atoms with Crippen LogP contribution in [0.15, 0.2) is 18.2 Å². The largest absolute Gasteiger partial charge is 0.368 e. The smallest absolute Gasteiger partial charge is 0.235 e. The van der Waals surface area contributed by atoms with Crippen molar-refractivity contribution < 1.29 is 4.79 Å². The van der Waals surface area contributed by atoms with Crippen LogP contribution in [0.5, 0.6) is 0 Å². The lowest BCUT2D eigenvalue weighted by molar-refractivity contribution is -0.123. The van der Waals surface area contributed by atoms with Gasteiger partial charge in [0.05, 0.1) is 6.04 Å². The van der Waals surface area contributed by atoms with E-state index in [1.165, 1.54) is 16.7 Å². The minimum Gasteiger partial charge on any atom is -0.368 e. The number of carbonyl (C=O) groups excluding carboxylic acids is 1. The minimum absolute atomic E-state index is 0.153. The first-order chi connectivity index (χ1) is 7.08. The first-order valence-corrected chi connectivity index (χ1v) is 5.16. The van der Waals surface area contributed by atoms with Crippen molar-refractivity contribution in [1.29, 1.82) is 0 Å². The lowest BCUT2D eigenvalue weighted by Gasteiger charge is -2.32. The lowest BCUT2D eigenvalue weighted by atomic mass is 9.93. The van der Waals surface area contributed by atoms with Crippen LogP contribution in [0.25, 0.3) is 0 Å². The number of amides is 1. The second-order valence-corrected chi connectivity index (χ2v) is 4.31. The van der Waals surface area contributed by atoms with Gasteiger partial charge in [0.15, 0.2) is 0 Å². The predicted molar refractivity (Wildman–Crippen MR) is 59.3 cm³/mol.